The average molecular weight is 248 g/mol. The Morgan fingerprint density at radius 1 is 1.39 bits per heavy atom. The van der Waals surface area contributed by atoms with Crippen LogP contribution in [0, 0.1) is 0 Å². The van der Waals surface area contributed by atoms with E-state index >= 15 is 0 Å². The minimum absolute atomic E-state index is 0.514. The highest BCUT2D eigenvalue weighted by molar-refractivity contribution is 5.35. The van der Waals surface area contributed by atoms with Crippen LogP contribution in [0.5, 0.6) is 0 Å². The van der Waals surface area contributed by atoms with Crippen LogP contribution in [0.25, 0.3) is 0 Å². The molecule has 1 N–H and O–H groups in total. The fraction of sp³-hybridized carbons (Fsp3) is 0.714. The lowest BCUT2D eigenvalue weighted by Crippen LogP contribution is -2.29. The van der Waals surface area contributed by atoms with E-state index < -0.39 is 0 Å². The largest absolute Gasteiger partial charge is 0.356 e. The van der Waals surface area contributed by atoms with Crippen molar-refractivity contribution in [1.29, 1.82) is 0 Å². The van der Waals surface area contributed by atoms with E-state index in [0.717, 1.165) is 24.1 Å². The normalized spacial score (nSPS) is 16.6. The molecule has 1 aromatic rings. The molecule has 100 valence electrons. The van der Waals surface area contributed by atoms with Gasteiger partial charge >= 0.3 is 0 Å². The molecule has 1 unspecified atom stereocenters. The van der Waals surface area contributed by atoms with Crippen LogP contribution in [0.4, 0.5) is 5.82 Å². The summed E-state index contributed by atoms with van der Waals surface area (Å²) in [5.74, 6) is 0.964. The lowest BCUT2D eigenvalue weighted by molar-refractivity contribution is 0.608. The molecule has 18 heavy (non-hydrogen) atoms. The van der Waals surface area contributed by atoms with Crippen molar-refractivity contribution in [2.24, 2.45) is 0 Å². The van der Waals surface area contributed by atoms with Gasteiger partial charge in [0.2, 0.25) is 0 Å². The van der Waals surface area contributed by atoms with Gasteiger partial charge < -0.3 is 10.2 Å². The van der Waals surface area contributed by atoms with E-state index in [2.05, 4.69) is 41.1 Å². The van der Waals surface area contributed by atoms with Gasteiger partial charge in [-0.25, -0.2) is 4.98 Å². The van der Waals surface area contributed by atoms with E-state index in [9.17, 15) is 0 Å². The number of anilines is 1. The quantitative estimate of drug-likeness (QED) is 0.804. The lowest BCUT2D eigenvalue weighted by atomic mass is 10.2. The summed E-state index contributed by atoms with van der Waals surface area (Å²) in [7, 11) is 2.09. The van der Waals surface area contributed by atoms with E-state index in [-0.39, 0.29) is 0 Å². The number of nitrogens with one attached hydrogen (secondary N) is 1. The van der Waals surface area contributed by atoms with Gasteiger partial charge in [-0.15, -0.1) is 0 Å². The number of aromatic nitrogens is 2. The molecule has 1 saturated carbocycles. The summed E-state index contributed by atoms with van der Waals surface area (Å²) in [6.45, 7) is 5.28. The molecular weight excluding hydrogens is 224 g/mol. The van der Waals surface area contributed by atoms with Gasteiger partial charge in [0.05, 0.1) is 18.1 Å². The van der Waals surface area contributed by atoms with Crippen molar-refractivity contribution >= 4 is 5.82 Å². The van der Waals surface area contributed by atoms with E-state index in [1.807, 2.05) is 12.4 Å². The van der Waals surface area contributed by atoms with Gasteiger partial charge in [-0.2, -0.15) is 0 Å². The summed E-state index contributed by atoms with van der Waals surface area (Å²) >= 11 is 0. The molecule has 4 nitrogen and oxygen atoms in total. The van der Waals surface area contributed by atoms with Crippen LogP contribution >= 0.6 is 0 Å². The lowest BCUT2D eigenvalue weighted by Gasteiger charge is -2.25. The van der Waals surface area contributed by atoms with Crippen molar-refractivity contribution in [2.45, 2.75) is 58.2 Å². The first kappa shape index (κ1) is 13.3. The van der Waals surface area contributed by atoms with Crippen LogP contribution in [0.2, 0.25) is 0 Å². The fourth-order valence-corrected chi connectivity index (χ4v) is 1.99. The minimum Gasteiger partial charge on any atom is -0.356 e. The molecule has 0 saturated heterocycles. The molecule has 0 bridgehead atoms. The summed E-state index contributed by atoms with van der Waals surface area (Å²) in [4.78, 5) is 11.2. The van der Waals surface area contributed by atoms with E-state index in [1.54, 1.807) is 0 Å². The maximum atomic E-state index is 4.50. The smallest absolute Gasteiger partial charge is 0.147 e. The van der Waals surface area contributed by atoms with Gasteiger partial charge in [-0.3, -0.25) is 4.98 Å². The Balaban J connectivity index is 1.88. The van der Waals surface area contributed by atoms with Gasteiger partial charge in [-0.1, -0.05) is 13.3 Å². The van der Waals surface area contributed by atoms with Crippen molar-refractivity contribution in [3.8, 4) is 0 Å². The Hall–Kier alpha value is -1.16. The van der Waals surface area contributed by atoms with Crippen molar-refractivity contribution in [2.75, 3.05) is 11.9 Å². The van der Waals surface area contributed by atoms with Gasteiger partial charge in [0.1, 0.15) is 5.82 Å². The third-order valence-electron chi connectivity index (χ3n) is 3.57. The minimum atomic E-state index is 0.514. The number of hydrogen-bond donors (Lipinski definition) is 1. The third kappa shape index (κ3) is 3.67. The third-order valence-corrected chi connectivity index (χ3v) is 3.57. The second-order valence-corrected chi connectivity index (χ2v) is 5.27. The Bertz CT molecular complexity index is 359. The molecule has 0 aliphatic heterocycles. The van der Waals surface area contributed by atoms with Gasteiger partial charge in [0.25, 0.3) is 0 Å². The zero-order chi connectivity index (χ0) is 13.0. The summed E-state index contributed by atoms with van der Waals surface area (Å²) in [5, 5.41) is 3.45. The monoisotopic (exact) mass is 248 g/mol. The van der Waals surface area contributed by atoms with E-state index in [4.69, 9.17) is 0 Å². The van der Waals surface area contributed by atoms with Crippen molar-refractivity contribution in [1.82, 2.24) is 15.3 Å². The highest BCUT2D eigenvalue weighted by Crippen LogP contribution is 2.19. The summed E-state index contributed by atoms with van der Waals surface area (Å²) in [6.07, 6.45) is 8.77. The predicted molar refractivity (Wildman–Crippen MR) is 74.7 cm³/mol. The van der Waals surface area contributed by atoms with Crippen molar-refractivity contribution in [3.05, 3.63) is 18.1 Å². The zero-order valence-electron chi connectivity index (χ0n) is 11.7. The Morgan fingerprint density at radius 3 is 2.72 bits per heavy atom. The maximum absolute atomic E-state index is 4.50. The van der Waals surface area contributed by atoms with Crippen LogP contribution in [-0.4, -0.2) is 29.1 Å². The Morgan fingerprint density at radius 2 is 2.17 bits per heavy atom. The molecule has 1 aliphatic rings. The topological polar surface area (TPSA) is 41.1 Å². The summed E-state index contributed by atoms with van der Waals surface area (Å²) in [6, 6.07) is 1.23. The first-order valence-corrected chi connectivity index (χ1v) is 6.97. The van der Waals surface area contributed by atoms with Crippen LogP contribution in [-0.2, 0) is 6.54 Å². The molecule has 1 fully saturated rings. The average Bonchev–Trinajstić information content (AvgIpc) is 3.20. The van der Waals surface area contributed by atoms with Crippen LogP contribution in [0.3, 0.4) is 0 Å². The van der Waals surface area contributed by atoms with Gasteiger partial charge in [0, 0.05) is 25.7 Å². The molecule has 2 rings (SSSR count). The van der Waals surface area contributed by atoms with Gasteiger partial charge in [-0.05, 0) is 26.2 Å². The number of rotatable bonds is 7. The van der Waals surface area contributed by atoms with E-state index in [0.29, 0.717) is 6.04 Å². The zero-order valence-corrected chi connectivity index (χ0v) is 11.7. The van der Waals surface area contributed by atoms with Crippen molar-refractivity contribution < 1.29 is 0 Å². The SMILES string of the molecule is CCCC(C)N(C)c1cnc(CNC2CC2)cn1. The van der Waals surface area contributed by atoms with Crippen LogP contribution in [0.1, 0.15) is 45.2 Å². The van der Waals surface area contributed by atoms with E-state index in [1.165, 1.54) is 25.7 Å². The summed E-state index contributed by atoms with van der Waals surface area (Å²) < 4.78 is 0. The molecule has 4 heteroatoms. The highest BCUT2D eigenvalue weighted by Gasteiger charge is 2.20. The Kier molecular flexibility index (Phi) is 4.53. The molecule has 1 atom stereocenters. The number of hydrogen-bond acceptors (Lipinski definition) is 4. The van der Waals surface area contributed by atoms with Crippen molar-refractivity contribution in [3.63, 3.8) is 0 Å². The molecule has 0 amide bonds. The number of nitrogens with zero attached hydrogens (tertiary/aromatic N) is 3. The van der Waals surface area contributed by atoms with Crippen LogP contribution in [0.15, 0.2) is 12.4 Å². The molecule has 1 heterocycles. The molecule has 0 spiro atoms. The predicted octanol–water partition coefficient (Wildman–Crippen LogP) is 2.35. The molecule has 1 aliphatic carbocycles. The second kappa shape index (κ2) is 6.14. The molecular formula is C14H24N4. The van der Waals surface area contributed by atoms with Crippen LogP contribution < -0.4 is 10.2 Å². The summed E-state index contributed by atoms with van der Waals surface area (Å²) in [5.41, 5.74) is 1.03. The second-order valence-electron chi connectivity index (χ2n) is 5.27. The fourth-order valence-electron chi connectivity index (χ4n) is 1.99. The first-order chi connectivity index (χ1) is 8.70. The maximum Gasteiger partial charge on any atom is 0.147 e. The molecule has 1 aromatic heterocycles. The Labute approximate surface area is 110 Å². The first-order valence-electron chi connectivity index (χ1n) is 6.97. The standard InChI is InChI=1S/C14H24N4/c1-4-5-11(2)18(3)14-10-16-13(9-17-14)8-15-12-6-7-12/h9-12,15H,4-8H2,1-3H3. The molecule has 0 radical (unpaired) electrons. The highest BCUT2D eigenvalue weighted by atomic mass is 15.2. The van der Waals surface area contributed by atoms with Gasteiger partial charge in [0.15, 0.2) is 0 Å². The molecule has 0 aromatic carbocycles.